The zero-order valence-electron chi connectivity index (χ0n) is 11.4. The van der Waals surface area contributed by atoms with Gasteiger partial charge in [-0.3, -0.25) is 9.58 Å². The summed E-state index contributed by atoms with van der Waals surface area (Å²) in [5.74, 6) is 1.55. The summed E-state index contributed by atoms with van der Waals surface area (Å²) < 4.78 is 1.89. The van der Waals surface area contributed by atoms with Gasteiger partial charge in [0.2, 0.25) is 0 Å². The summed E-state index contributed by atoms with van der Waals surface area (Å²) in [7, 11) is 1.98. The van der Waals surface area contributed by atoms with Crippen LogP contribution < -0.4 is 5.73 Å². The van der Waals surface area contributed by atoms with Crippen molar-refractivity contribution in [2.75, 3.05) is 13.1 Å². The molecule has 2 N–H and O–H groups in total. The van der Waals surface area contributed by atoms with Crippen molar-refractivity contribution in [2.45, 2.75) is 38.3 Å². The van der Waals surface area contributed by atoms with Crippen molar-refractivity contribution in [1.82, 2.24) is 14.7 Å². The Bertz CT molecular complexity index is 414. The van der Waals surface area contributed by atoms with Crippen LogP contribution in [0.1, 0.15) is 37.8 Å². The highest BCUT2D eigenvalue weighted by molar-refractivity contribution is 5.11. The van der Waals surface area contributed by atoms with Crippen LogP contribution in [0.3, 0.4) is 0 Å². The lowest BCUT2D eigenvalue weighted by Gasteiger charge is -2.30. The maximum Gasteiger partial charge on any atom is 0.0537 e. The molecular formula is C14H24N4. The first-order valence-corrected chi connectivity index (χ1v) is 7.13. The highest BCUT2D eigenvalue weighted by Gasteiger charge is 2.40. The summed E-state index contributed by atoms with van der Waals surface area (Å²) in [5, 5.41) is 4.28. The Hall–Kier alpha value is -0.870. The maximum atomic E-state index is 6.28. The summed E-state index contributed by atoms with van der Waals surface area (Å²) in [4.78, 5) is 2.59. The van der Waals surface area contributed by atoms with E-state index in [-0.39, 0.29) is 0 Å². The molecule has 1 saturated carbocycles. The summed E-state index contributed by atoms with van der Waals surface area (Å²) in [6.45, 7) is 4.68. The average molecular weight is 248 g/mol. The molecule has 2 fully saturated rings. The number of nitrogens with two attached hydrogens (primary N) is 1. The number of hydrogen-bond donors (Lipinski definition) is 1. The number of hydrogen-bond acceptors (Lipinski definition) is 3. The highest BCUT2D eigenvalue weighted by Crippen LogP contribution is 2.38. The molecule has 1 aliphatic heterocycles. The second kappa shape index (κ2) is 4.67. The Labute approximate surface area is 109 Å². The maximum absolute atomic E-state index is 6.28. The van der Waals surface area contributed by atoms with Gasteiger partial charge in [0.25, 0.3) is 0 Å². The summed E-state index contributed by atoms with van der Waals surface area (Å²) in [6.07, 6.45) is 8.03. The van der Waals surface area contributed by atoms with Gasteiger partial charge in [0.05, 0.1) is 6.20 Å². The van der Waals surface area contributed by atoms with Crippen LogP contribution in [-0.4, -0.2) is 33.8 Å². The van der Waals surface area contributed by atoms with E-state index in [2.05, 4.69) is 23.1 Å². The van der Waals surface area contributed by atoms with Gasteiger partial charge in [-0.25, -0.2) is 0 Å². The van der Waals surface area contributed by atoms with E-state index in [1.807, 2.05) is 17.9 Å². The molecule has 18 heavy (non-hydrogen) atoms. The highest BCUT2D eigenvalue weighted by atomic mass is 15.3. The van der Waals surface area contributed by atoms with E-state index in [0.29, 0.717) is 12.1 Å². The predicted octanol–water partition coefficient (Wildman–Crippen LogP) is 1.54. The molecule has 3 rings (SSSR count). The van der Waals surface area contributed by atoms with Crippen molar-refractivity contribution in [1.29, 1.82) is 0 Å². The summed E-state index contributed by atoms with van der Waals surface area (Å²) in [5.41, 5.74) is 7.61. The topological polar surface area (TPSA) is 47.1 Å². The molecule has 0 amide bonds. The van der Waals surface area contributed by atoms with Crippen LogP contribution in [0.2, 0.25) is 0 Å². The first kappa shape index (κ1) is 12.2. The first-order valence-electron chi connectivity index (χ1n) is 7.13. The van der Waals surface area contributed by atoms with Crippen molar-refractivity contribution in [3.63, 3.8) is 0 Å². The number of nitrogens with zero attached hydrogens (tertiary/aromatic N) is 3. The molecule has 0 spiro atoms. The van der Waals surface area contributed by atoms with Crippen LogP contribution in [0.5, 0.6) is 0 Å². The van der Waals surface area contributed by atoms with Gasteiger partial charge < -0.3 is 5.73 Å². The van der Waals surface area contributed by atoms with E-state index < -0.39 is 0 Å². The zero-order valence-corrected chi connectivity index (χ0v) is 11.4. The molecule has 0 aromatic carbocycles. The minimum atomic E-state index is 0.426. The van der Waals surface area contributed by atoms with Gasteiger partial charge in [-0.15, -0.1) is 0 Å². The number of aromatic nitrogens is 2. The Morgan fingerprint density at radius 2 is 2.22 bits per heavy atom. The van der Waals surface area contributed by atoms with Gasteiger partial charge in [0.15, 0.2) is 0 Å². The van der Waals surface area contributed by atoms with Crippen LogP contribution in [-0.2, 0) is 7.05 Å². The van der Waals surface area contributed by atoms with Gasteiger partial charge in [-0.2, -0.15) is 5.10 Å². The van der Waals surface area contributed by atoms with Gasteiger partial charge in [-0.05, 0) is 31.6 Å². The summed E-state index contributed by atoms with van der Waals surface area (Å²) >= 11 is 0. The van der Waals surface area contributed by atoms with Crippen LogP contribution in [0.15, 0.2) is 12.4 Å². The van der Waals surface area contributed by atoms with Gasteiger partial charge in [0, 0.05) is 44.0 Å². The van der Waals surface area contributed by atoms with Crippen LogP contribution in [0.4, 0.5) is 0 Å². The van der Waals surface area contributed by atoms with Crippen LogP contribution in [0.25, 0.3) is 0 Å². The third-order valence-corrected chi connectivity index (χ3v) is 4.94. The van der Waals surface area contributed by atoms with Crippen molar-refractivity contribution in [3.05, 3.63) is 18.0 Å². The normalized spacial score (nSPS) is 34.5. The zero-order chi connectivity index (χ0) is 12.7. The molecule has 100 valence electrons. The molecule has 0 radical (unpaired) electrons. The van der Waals surface area contributed by atoms with Crippen molar-refractivity contribution < 1.29 is 0 Å². The second-order valence-corrected chi connectivity index (χ2v) is 6.10. The monoisotopic (exact) mass is 248 g/mol. The van der Waals surface area contributed by atoms with Gasteiger partial charge >= 0.3 is 0 Å². The minimum Gasteiger partial charge on any atom is -0.327 e. The SMILES string of the molecule is CC(c1cnn(C)c1)N1CC2CCCC(N)C2C1. The Morgan fingerprint density at radius 3 is 2.89 bits per heavy atom. The van der Waals surface area contributed by atoms with Gasteiger partial charge in [0.1, 0.15) is 0 Å². The van der Waals surface area contributed by atoms with Crippen molar-refractivity contribution in [2.24, 2.45) is 24.6 Å². The lowest BCUT2D eigenvalue weighted by molar-refractivity contribution is 0.245. The quantitative estimate of drug-likeness (QED) is 0.863. The molecule has 1 saturated heterocycles. The molecule has 1 aromatic rings. The Morgan fingerprint density at radius 1 is 1.39 bits per heavy atom. The molecular weight excluding hydrogens is 224 g/mol. The van der Waals surface area contributed by atoms with Crippen molar-refractivity contribution >= 4 is 0 Å². The number of likely N-dealkylation sites (tertiary alicyclic amines) is 1. The first-order chi connectivity index (χ1) is 8.65. The Balaban J connectivity index is 1.71. The number of rotatable bonds is 2. The van der Waals surface area contributed by atoms with E-state index in [0.717, 1.165) is 11.8 Å². The number of fused-ring (bicyclic) bond motifs is 1. The predicted molar refractivity (Wildman–Crippen MR) is 72.0 cm³/mol. The molecule has 4 nitrogen and oxygen atoms in total. The molecule has 4 unspecified atom stereocenters. The van der Waals surface area contributed by atoms with E-state index in [9.17, 15) is 0 Å². The molecule has 4 atom stereocenters. The van der Waals surface area contributed by atoms with E-state index in [1.54, 1.807) is 0 Å². The molecule has 0 bridgehead atoms. The molecule has 2 aliphatic rings. The van der Waals surface area contributed by atoms with Gasteiger partial charge in [-0.1, -0.05) is 6.42 Å². The fourth-order valence-corrected chi connectivity index (χ4v) is 3.73. The minimum absolute atomic E-state index is 0.426. The van der Waals surface area contributed by atoms with E-state index in [4.69, 9.17) is 5.73 Å². The van der Waals surface area contributed by atoms with E-state index >= 15 is 0 Å². The van der Waals surface area contributed by atoms with Crippen LogP contribution in [0, 0.1) is 11.8 Å². The van der Waals surface area contributed by atoms with Crippen molar-refractivity contribution in [3.8, 4) is 0 Å². The van der Waals surface area contributed by atoms with Crippen LogP contribution >= 0.6 is 0 Å². The molecule has 1 aromatic heterocycles. The molecule has 1 aliphatic carbocycles. The lowest BCUT2D eigenvalue weighted by atomic mass is 9.78. The Kier molecular flexibility index (Phi) is 3.16. The molecule has 4 heteroatoms. The molecule has 2 heterocycles. The van der Waals surface area contributed by atoms with E-state index in [1.165, 1.54) is 37.9 Å². The third kappa shape index (κ3) is 2.08. The summed E-state index contributed by atoms with van der Waals surface area (Å²) in [6, 6.07) is 0.895. The fraction of sp³-hybridized carbons (Fsp3) is 0.786. The fourth-order valence-electron chi connectivity index (χ4n) is 3.73. The standard InChI is InChI=1S/C14H24N4/c1-10(12-6-16-17(2)7-12)18-8-11-4-3-5-14(15)13(11)9-18/h6-7,10-11,13-14H,3-5,8-9,15H2,1-2H3. The smallest absolute Gasteiger partial charge is 0.0537 e. The second-order valence-electron chi connectivity index (χ2n) is 6.10. The average Bonchev–Trinajstić information content (AvgIpc) is 2.95. The largest absolute Gasteiger partial charge is 0.327 e. The lowest BCUT2D eigenvalue weighted by Crippen LogP contribution is -2.38. The number of aryl methyl sites for hydroxylation is 1. The third-order valence-electron chi connectivity index (χ3n) is 4.94.